The third-order valence-electron chi connectivity index (χ3n) is 4.79. The van der Waals surface area contributed by atoms with Crippen molar-refractivity contribution >= 4 is 17.7 Å². The van der Waals surface area contributed by atoms with Gasteiger partial charge in [-0.25, -0.2) is 4.98 Å². The van der Waals surface area contributed by atoms with Gasteiger partial charge in [-0.3, -0.25) is 9.69 Å². The molecule has 1 atom stereocenters. The molecule has 1 amide bonds. The molecule has 6 heteroatoms. The average molecular weight is 352 g/mol. The Labute approximate surface area is 149 Å². The molecule has 1 fully saturated rings. The van der Waals surface area contributed by atoms with Crippen LogP contribution in [0.25, 0.3) is 0 Å². The maximum Gasteiger partial charge on any atom is 0.251 e. The highest BCUT2D eigenvalue weighted by Crippen LogP contribution is 2.20. The van der Waals surface area contributed by atoms with Gasteiger partial charge in [-0.05, 0) is 24.3 Å². The summed E-state index contributed by atoms with van der Waals surface area (Å²) in [5.74, 6) is 0.569. The van der Waals surface area contributed by atoms with Crippen molar-refractivity contribution in [3.05, 3.63) is 23.9 Å². The molecule has 0 aromatic carbocycles. The van der Waals surface area contributed by atoms with E-state index in [2.05, 4.69) is 29.0 Å². The molecular formula is C18H29N3O2S. The largest absolute Gasteiger partial charge is 0.379 e. The number of nitrogens with one attached hydrogen (secondary N) is 1. The van der Waals surface area contributed by atoms with Crippen LogP contribution in [-0.2, 0) is 4.74 Å². The predicted octanol–water partition coefficient (Wildman–Crippen LogP) is 2.67. The van der Waals surface area contributed by atoms with Gasteiger partial charge in [-0.2, -0.15) is 0 Å². The number of hydrogen-bond donors (Lipinski definition) is 1. The molecule has 1 aliphatic rings. The lowest BCUT2D eigenvalue weighted by atomic mass is 9.92. The summed E-state index contributed by atoms with van der Waals surface area (Å²) in [6.45, 7) is 8.61. The van der Waals surface area contributed by atoms with Crippen LogP contribution < -0.4 is 5.32 Å². The van der Waals surface area contributed by atoms with E-state index in [-0.39, 0.29) is 5.91 Å². The third-order valence-corrected chi connectivity index (χ3v) is 5.43. The van der Waals surface area contributed by atoms with E-state index < -0.39 is 0 Å². The molecule has 0 bridgehead atoms. The Morgan fingerprint density at radius 3 is 2.71 bits per heavy atom. The van der Waals surface area contributed by atoms with Crippen molar-refractivity contribution < 1.29 is 9.53 Å². The molecule has 1 unspecified atom stereocenters. The molecule has 5 nitrogen and oxygen atoms in total. The van der Waals surface area contributed by atoms with E-state index in [1.54, 1.807) is 24.0 Å². The Hall–Kier alpha value is -1.11. The van der Waals surface area contributed by atoms with Crippen LogP contribution in [0.3, 0.4) is 0 Å². The van der Waals surface area contributed by atoms with Crippen molar-refractivity contribution in [1.29, 1.82) is 0 Å². The van der Waals surface area contributed by atoms with Crippen molar-refractivity contribution in [2.75, 3.05) is 39.1 Å². The van der Waals surface area contributed by atoms with E-state index in [1.807, 2.05) is 12.3 Å². The SMILES string of the molecule is CCC(CC)C(CNC(=O)c1ccnc(SC)c1)N1CCOCC1. The summed E-state index contributed by atoms with van der Waals surface area (Å²) in [5, 5.41) is 4.01. The highest BCUT2D eigenvalue weighted by Gasteiger charge is 2.27. The van der Waals surface area contributed by atoms with E-state index in [1.165, 1.54) is 0 Å². The molecular weight excluding hydrogens is 322 g/mol. The topological polar surface area (TPSA) is 54.5 Å². The smallest absolute Gasteiger partial charge is 0.251 e. The van der Waals surface area contributed by atoms with Crippen LogP contribution in [0.1, 0.15) is 37.0 Å². The summed E-state index contributed by atoms with van der Waals surface area (Å²) in [7, 11) is 0. The Bertz CT molecular complexity index is 517. The summed E-state index contributed by atoms with van der Waals surface area (Å²) >= 11 is 1.55. The normalized spacial score (nSPS) is 17.0. The number of amides is 1. The number of nitrogens with zero attached hydrogens (tertiary/aromatic N) is 2. The second kappa shape index (κ2) is 10.0. The molecule has 2 rings (SSSR count). The summed E-state index contributed by atoms with van der Waals surface area (Å²) in [4.78, 5) is 19.2. The zero-order valence-electron chi connectivity index (χ0n) is 15.0. The first-order valence-electron chi connectivity index (χ1n) is 8.79. The number of carbonyl (C=O) groups is 1. The van der Waals surface area contributed by atoms with Gasteiger partial charge < -0.3 is 10.1 Å². The quantitative estimate of drug-likeness (QED) is 0.730. The number of hydrogen-bond acceptors (Lipinski definition) is 5. The van der Waals surface area contributed by atoms with Crippen LogP contribution in [0.15, 0.2) is 23.4 Å². The fraction of sp³-hybridized carbons (Fsp3) is 0.667. The predicted molar refractivity (Wildman–Crippen MR) is 98.6 cm³/mol. The summed E-state index contributed by atoms with van der Waals surface area (Å²) < 4.78 is 5.48. The molecule has 1 aromatic heterocycles. The van der Waals surface area contributed by atoms with E-state index in [0.717, 1.165) is 44.2 Å². The van der Waals surface area contributed by atoms with Crippen LogP contribution in [-0.4, -0.2) is 60.9 Å². The second-order valence-electron chi connectivity index (χ2n) is 6.09. The highest BCUT2D eigenvalue weighted by atomic mass is 32.2. The minimum Gasteiger partial charge on any atom is -0.379 e. The third kappa shape index (κ3) is 5.19. The van der Waals surface area contributed by atoms with E-state index in [0.29, 0.717) is 24.1 Å². The summed E-state index contributed by atoms with van der Waals surface area (Å²) in [6.07, 6.45) is 5.91. The lowest BCUT2D eigenvalue weighted by molar-refractivity contribution is 0.00191. The molecule has 24 heavy (non-hydrogen) atoms. The summed E-state index contributed by atoms with van der Waals surface area (Å²) in [5.41, 5.74) is 0.680. The van der Waals surface area contributed by atoms with Gasteiger partial charge in [0.1, 0.15) is 0 Å². The van der Waals surface area contributed by atoms with Crippen molar-refractivity contribution in [2.24, 2.45) is 5.92 Å². The van der Waals surface area contributed by atoms with E-state index in [4.69, 9.17) is 4.74 Å². The maximum atomic E-state index is 12.5. The van der Waals surface area contributed by atoms with Gasteiger partial charge >= 0.3 is 0 Å². The van der Waals surface area contributed by atoms with Gasteiger partial charge in [0.05, 0.1) is 18.2 Å². The van der Waals surface area contributed by atoms with Gasteiger partial charge in [0, 0.05) is 37.4 Å². The van der Waals surface area contributed by atoms with Gasteiger partial charge in [0.2, 0.25) is 0 Å². The Balaban J connectivity index is 2.01. The maximum absolute atomic E-state index is 12.5. The van der Waals surface area contributed by atoms with Gasteiger partial charge in [0.15, 0.2) is 0 Å². The van der Waals surface area contributed by atoms with Crippen molar-refractivity contribution in [1.82, 2.24) is 15.2 Å². The molecule has 1 saturated heterocycles. The standard InChI is InChI=1S/C18H29N3O2S/c1-4-14(5-2)16(21-8-10-23-11-9-21)13-20-18(22)15-6-7-19-17(12-15)24-3/h6-7,12,14,16H,4-5,8-11,13H2,1-3H3,(H,20,22). The number of rotatable bonds is 8. The lowest BCUT2D eigenvalue weighted by Gasteiger charge is -2.38. The van der Waals surface area contributed by atoms with Gasteiger partial charge in [-0.15, -0.1) is 11.8 Å². The van der Waals surface area contributed by atoms with Crippen molar-refractivity contribution in [3.8, 4) is 0 Å². The Morgan fingerprint density at radius 1 is 1.38 bits per heavy atom. The van der Waals surface area contributed by atoms with Crippen LogP contribution in [0.4, 0.5) is 0 Å². The molecule has 1 aromatic rings. The first kappa shape index (κ1) is 19.2. The molecule has 0 aliphatic carbocycles. The number of aromatic nitrogens is 1. The molecule has 1 aliphatic heterocycles. The number of thioether (sulfide) groups is 1. The number of morpholine rings is 1. The fourth-order valence-corrected chi connectivity index (χ4v) is 3.71. The van der Waals surface area contributed by atoms with Crippen LogP contribution in [0.2, 0.25) is 0 Å². The van der Waals surface area contributed by atoms with Crippen LogP contribution in [0.5, 0.6) is 0 Å². The number of pyridine rings is 1. The first-order valence-corrected chi connectivity index (χ1v) is 10.0. The first-order chi connectivity index (χ1) is 11.7. The molecule has 1 N–H and O–H groups in total. The zero-order valence-corrected chi connectivity index (χ0v) is 15.8. The highest BCUT2D eigenvalue weighted by molar-refractivity contribution is 7.98. The Kier molecular flexibility index (Phi) is 8.02. The van der Waals surface area contributed by atoms with Crippen molar-refractivity contribution in [3.63, 3.8) is 0 Å². The second-order valence-corrected chi connectivity index (χ2v) is 6.92. The minimum absolute atomic E-state index is 0.0167. The van der Waals surface area contributed by atoms with Crippen LogP contribution in [0, 0.1) is 5.92 Å². The molecule has 2 heterocycles. The summed E-state index contributed by atoms with van der Waals surface area (Å²) in [6, 6.07) is 3.99. The fourth-order valence-electron chi connectivity index (χ4n) is 3.30. The average Bonchev–Trinajstić information content (AvgIpc) is 2.65. The molecule has 0 spiro atoms. The van der Waals surface area contributed by atoms with E-state index >= 15 is 0 Å². The molecule has 0 radical (unpaired) electrons. The number of ether oxygens (including phenoxy) is 1. The molecule has 0 saturated carbocycles. The number of carbonyl (C=O) groups excluding carboxylic acids is 1. The van der Waals surface area contributed by atoms with Crippen LogP contribution >= 0.6 is 11.8 Å². The van der Waals surface area contributed by atoms with Gasteiger partial charge in [-0.1, -0.05) is 26.7 Å². The Morgan fingerprint density at radius 2 is 2.08 bits per heavy atom. The monoisotopic (exact) mass is 351 g/mol. The zero-order chi connectivity index (χ0) is 17.4. The lowest BCUT2D eigenvalue weighted by Crippen LogP contribution is -2.52. The minimum atomic E-state index is -0.0167. The van der Waals surface area contributed by atoms with Gasteiger partial charge in [0.25, 0.3) is 5.91 Å². The molecule has 134 valence electrons. The van der Waals surface area contributed by atoms with E-state index in [9.17, 15) is 4.79 Å². The van der Waals surface area contributed by atoms with Crippen molar-refractivity contribution in [2.45, 2.75) is 37.8 Å².